The molecule has 0 radical (unpaired) electrons. The molecule has 0 bridgehead atoms. The van der Waals surface area contributed by atoms with Gasteiger partial charge in [-0.3, -0.25) is 0 Å². The van der Waals surface area contributed by atoms with Gasteiger partial charge < -0.3 is 0 Å². The standard InChI is InChI=1S/C15H14N6/c1-2-7-13-12(6-1)17-21(18-13)11-5-10-20-15-9-4-3-8-14(15)16-19-20/h1-4,6-9H,5,10-11H2. The lowest BCUT2D eigenvalue weighted by molar-refractivity contribution is 0.468. The summed E-state index contributed by atoms with van der Waals surface area (Å²) >= 11 is 0. The zero-order valence-electron chi connectivity index (χ0n) is 11.4. The Morgan fingerprint density at radius 1 is 0.762 bits per heavy atom. The molecule has 2 aromatic carbocycles. The van der Waals surface area contributed by atoms with Crippen molar-refractivity contribution in [2.75, 3.05) is 0 Å². The molecule has 21 heavy (non-hydrogen) atoms. The number of hydrogen-bond acceptors (Lipinski definition) is 4. The van der Waals surface area contributed by atoms with Crippen molar-refractivity contribution < 1.29 is 0 Å². The van der Waals surface area contributed by atoms with Gasteiger partial charge in [0.1, 0.15) is 16.6 Å². The third-order valence-corrected chi connectivity index (χ3v) is 3.48. The van der Waals surface area contributed by atoms with Gasteiger partial charge in [0.15, 0.2) is 0 Å². The van der Waals surface area contributed by atoms with Crippen LogP contribution in [0.2, 0.25) is 0 Å². The Kier molecular flexibility index (Phi) is 2.85. The van der Waals surface area contributed by atoms with Crippen LogP contribution in [0.5, 0.6) is 0 Å². The summed E-state index contributed by atoms with van der Waals surface area (Å²) < 4.78 is 1.93. The van der Waals surface area contributed by atoms with Gasteiger partial charge in [0.05, 0.1) is 12.1 Å². The van der Waals surface area contributed by atoms with Gasteiger partial charge in [-0.2, -0.15) is 15.0 Å². The maximum absolute atomic E-state index is 4.45. The zero-order valence-corrected chi connectivity index (χ0v) is 11.4. The molecule has 0 N–H and O–H groups in total. The Morgan fingerprint density at radius 3 is 2.19 bits per heavy atom. The first kappa shape index (κ1) is 12.0. The van der Waals surface area contributed by atoms with Crippen LogP contribution < -0.4 is 0 Å². The molecule has 0 saturated carbocycles. The van der Waals surface area contributed by atoms with Gasteiger partial charge in [-0.05, 0) is 30.7 Å². The van der Waals surface area contributed by atoms with Crippen LogP contribution in [0, 0.1) is 0 Å². The van der Waals surface area contributed by atoms with Crippen molar-refractivity contribution in [3.05, 3.63) is 48.5 Å². The van der Waals surface area contributed by atoms with Crippen molar-refractivity contribution in [2.24, 2.45) is 0 Å². The largest absolute Gasteiger partial charge is 0.245 e. The summed E-state index contributed by atoms with van der Waals surface area (Å²) in [6, 6.07) is 15.9. The number of aromatic nitrogens is 6. The van der Waals surface area contributed by atoms with Crippen molar-refractivity contribution in [3.63, 3.8) is 0 Å². The molecule has 2 aromatic heterocycles. The predicted molar refractivity (Wildman–Crippen MR) is 79.7 cm³/mol. The van der Waals surface area contributed by atoms with Crippen LogP contribution >= 0.6 is 0 Å². The lowest BCUT2D eigenvalue weighted by Gasteiger charge is -2.01. The van der Waals surface area contributed by atoms with Crippen LogP contribution in [-0.2, 0) is 13.1 Å². The minimum Gasteiger partial charge on any atom is -0.245 e. The van der Waals surface area contributed by atoms with Gasteiger partial charge in [0.25, 0.3) is 0 Å². The number of benzene rings is 2. The lowest BCUT2D eigenvalue weighted by Crippen LogP contribution is -2.07. The summed E-state index contributed by atoms with van der Waals surface area (Å²) in [5, 5.41) is 17.2. The normalized spacial score (nSPS) is 11.4. The minimum absolute atomic E-state index is 0.767. The molecule has 104 valence electrons. The van der Waals surface area contributed by atoms with Crippen LogP contribution in [0.25, 0.3) is 22.1 Å². The molecule has 6 heteroatoms. The van der Waals surface area contributed by atoms with Crippen LogP contribution in [0.15, 0.2) is 48.5 Å². The fourth-order valence-electron chi connectivity index (χ4n) is 2.45. The van der Waals surface area contributed by atoms with Crippen molar-refractivity contribution >= 4 is 22.1 Å². The van der Waals surface area contributed by atoms with Crippen LogP contribution in [-0.4, -0.2) is 30.0 Å². The first-order chi connectivity index (χ1) is 10.4. The lowest BCUT2D eigenvalue weighted by atomic mass is 10.3. The molecule has 0 unspecified atom stereocenters. The number of nitrogens with zero attached hydrogens (tertiary/aromatic N) is 6. The Balaban J connectivity index is 1.47. The molecule has 0 aliphatic heterocycles. The molecule has 2 heterocycles. The molecular formula is C15H14N6. The van der Waals surface area contributed by atoms with Crippen LogP contribution in [0.4, 0.5) is 0 Å². The molecule has 0 atom stereocenters. The summed E-state index contributed by atoms with van der Waals surface area (Å²) in [5.74, 6) is 0. The highest BCUT2D eigenvalue weighted by Gasteiger charge is 2.04. The van der Waals surface area contributed by atoms with Gasteiger partial charge in [0, 0.05) is 6.54 Å². The van der Waals surface area contributed by atoms with E-state index in [1.54, 1.807) is 4.80 Å². The molecule has 6 nitrogen and oxygen atoms in total. The minimum atomic E-state index is 0.767. The van der Waals surface area contributed by atoms with E-state index in [0.717, 1.165) is 41.6 Å². The second-order valence-corrected chi connectivity index (χ2v) is 4.94. The highest BCUT2D eigenvalue weighted by Crippen LogP contribution is 2.11. The first-order valence-electron chi connectivity index (χ1n) is 6.98. The smallest absolute Gasteiger partial charge is 0.113 e. The van der Waals surface area contributed by atoms with E-state index in [1.165, 1.54) is 0 Å². The molecule has 4 rings (SSSR count). The summed E-state index contributed by atoms with van der Waals surface area (Å²) in [6.07, 6.45) is 0.911. The first-order valence-corrected chi connectivity index (χ1v) is 6.98. The Labute approximate surface area is 121 Å². The molecule has 4 aromatic rings. The maximum atomic E-state index is 4.45. The molecular weight excluding hydrogens is 264 g/mol. The molecule has 0 amide bonds. The van der Waals surface area contributed by atoms with E-state index in [-0.39, 0.29) is 0 Å². The fraction of sp³-hybridized carbons (Fsp3) is 0.200. The number of hydrogen-bond donors (Lipinski definition) is 0. The molecule has 0 saturated heterocycles. The van der Waals surface area contributed by atoms with Crippen molar-refractivity contribution in [2.45, 2.75) is 19.5 Å². The molecule has 0 aliphatic carbocycles. The molecule has 0 aliphatic rings. The fourth-order valence-corrected chi connectivity index (χ4v) is 2.45. The quantitative estimate of drug-likeness (QED) is 0.574. The van der Waals surface area contributed by atoms with E-state index in [2.05, 4.69) is 20.5 Å². The number of aryl methyl sites for hydroxylation is 2. The summed E-state index contributed by atoms with van der Waals surface area (Å²) in [4.78, 5) is 1.75. The van der Waals surface area contributed by atoms with Gasteiger partial charge in [-0.25, -0.2) is 4.68 Å². The highest BCUT2D eigenvalue weighted by atomic mass is 15.5. The number of rotatable bonds is 4. The van der Waals surface area contributed by atoms with E-state index in [4.69, 9.17) is 0 Å². The zero-order chi connectivity index (χ0) is 14.1. The van der Waals surface area contributed by atoms with Crippen LogP contribution in [0.1, 0.15) is 6.42 Å². The van der Waals surface area contributed by atoms with Gasteiger partial charge >= 0.3 is 0 Å². The monoisotopic (exact) mass is 278 g/mol. The summed E-state index contributed by atoms with van der Waals surface area (Å²) in [7, 11) is 0. The second kappa shape index (κ2) is 4.97. The summed E-state index contributed by atoms with van der Waals surface area (Å²) in [6.45, 7) is 1.57. The summed E-state index contributed by atoms with van der Waals surface area (Å²) in [5.41, 5.74) is 3.86. The van der Waals surface area contributed by atoms with E-state index in [0.29, 0.717) is 0 Å². The van der Waals surface area contributed by atoms with E-state index < -0.39 is 0 Å². The van der Waals surface area contributed by atoms with Gasteiger partial charge in [0.2, 0.25) is 0 Å². The highest BCUT2D eigenvalue weighted by molar-refractivity contribution is 5.74. The topological polar surface area (TPSA) is 61.4 Å². The molecule has 0 fully saturated rings. The number of fused-ring (bicyclic) bond motifs is 2. The van der Waals surface area contributed by atoms with Crippen molar-refractivity contribution in [3.8, 4) is 0 Å². The van der Waals surface area contributed by atoms with Crippen molar-refractivity contribution in [1.82, 2.24) is 30.0 Å². The van der Waals surface area contributed by atoms with Crippen molar-refractivity contribution in [1.29, 1.82) is 0 Å². The number of para-hydroxylation sites is 1. The average molecular weight is 278 g/mol. The SMILES string of the molecule is c1ccc2nn(CCCn3nnc4ccccc43)nc2c1. The van der Waals surface area contributed by atoms with E-state index >= 15 is 0 Å². The van der Waals surface area contributed by atoms with Crippen LogP contribution in [0.3, 0.4) is 0 Å². The predicted octanol–water partition coefficient (Wildman–Crippen LogP) is 2.27. The van der Waals surface area contributed by atoms with Gasteiger partial charge in [-0.1, -0.05) is 29.5 Å². The Bertz CT molecular complexity index is 858. The average Bonchev–Trinajstić information content (AvgIpc) is 3.11. The third-order valence-electron chi connectivity index (χ3n) is 3.48. The molecule has 0 spiro atoms. The second-order valence-electron chi connectivity index (χ2n) is 4.94. The third kappa shape index (κ3) is 2.24. The Morgan fingerprint density at radius 2 is 1.43 bits per heavy atom. The van der Waals surface area contributed by atoms with E-state index in [9.17, 15) is 0 Å². The van der Waals surface area contributed by atoms with Gasteiger partial charge in [-0.15, -0.1) is 5.10 Å². The van der Waals surface area contributed by atoms with E-state index in [1.807, 2.05) is 53.2 Å². The maximum Gasteiger partial charge on any atom is 0.113 e. The Hall–Kier alpha value is -2.76.